The third-order valence-corrected chi connectivity index (χ3v) is 2.73. The Bertz CT molecular complexity index is 202. The summed E-state index contributed by atoms with van der Waals surface area (Å²) < 4.78 is 8.68. The van der Waals surface area contributed by atoms with Crippen LogP contribution in [0.2, 0.25) is 0 Å². The zero-order chi connectivity index (χ0) is 9.35. The SMILES string of the molecule is CC1(C)CC(=O)C(SO)C(=O)C1. The van der Waals surface area contributed by atoms with Crippen LogP contribution in [0.1, 0.15) is 26.7 Å². The number of carbonyl (C=O) groups excluding carboxylic acids is 2. The second kappa shape index (κ2) is 3.18. The van der Waals surface area contributed by atoms with Crippen molar-refractivity contribution in [3.8, 4) is 0 Å². The maximum Gasteiger partial charge on any atom is 0.156 e. The van der Waals surface area contributed by atoms with E-state index in [2.05, 4.69) is 0 Å². The molecule has 68 valence electrons. The molecule has 0 spiro atoms. The van der Waals surface area contributed by atoms with Crippen LogP contribution in [0.3, 0.4) is 0 Å². The Morgan fingerprint density at radius 3 is 2.08 bits per heavy atom. The minimum Gasteiger partial charge on any atom is -0.329 e. The van der Waals surface area contributed by atoms with Crippen molar-refractivity contribution < 1.29 is 14.1 Å². The van der Waals surface area contributed by atoms with Gasteiger partial charge in [-0.3, -0.25) is 9.59 Å². The monoisotopic (exact) mass is 188 g/mol. The molecule has 1 N–H and O–H groups in total. The van der Waals surface area contributed by atoms with Gasteiger partial charge >= 0.3 is 0 Å². The molecular formula is C8H12O3S. The highest BCUT2D eigenvalue weighted by molar-refractivity contribution is 7.96. The maximum atomic E-state index is 11.2. The van der Waals surface area contributed by atoms with Crippen molar-refractivity contribution in [2.24, 2.45) is 5.41 Å². The van der Waals surface area contributed by atoms with Gasteiger partial charge in [0, 0.05) is 24.9 Å². The van der Waals surface area contributed by atoms with Gasteiger partial charge in [-0.05, 0) is 5.41 Å². The first-order valence-electron chi connectivity index (χ1n) is 3.82. The van der Waals surface area contributed by atoms with Crippen molar-refractivity contribution >= 4 is 23.6 Å². The summed E-state index contributed by atoms with van der Waals surface area (Å²) in [5.74, 6) is -0.299. The van der Waals surface area contributed by atoms with Gasteiger partial charge in [-0.25, -0.2) is 0 Å². The molecule has 0 aromatic rings. The van der Waals surface area contributed by atoms with Crippen molar-refractivity contribution in [1.29, 1.82) is 0 Å². The first kappa shape index (κ1) is 9.74. The molecule has 3 nitrogen and oxygen atoms in total. The Kier molecular flexibility index (Phi) is 2.58. The molecule has 1 fully saturated rings. The van der Waals surface area contributed by atoms with Gasteiger partial charge in [0.05, 0.1) is 0 Å². The third-order valence-electron chi connectivity index (χ3n) is 2.00. The maximum absolute atomic E-state index is 11.2. The predicted molar refractivity (Wildman–Crippen MR) is 47.0 cm³/mol. The van der Waals surface area contributed by atoms with Crippen molar-refractivity contribution in [1.82, 2.24) is 0 Å². The normalized spacial score (nSPS) is 24.6. The van der Waals surface area contributed by atoms with Crippen molar-refractivity contribution in [3.63, 3.8) is 0 Å². The highest BCUT2D eigenvalue weighted by Gasteiger charge is 2.39. The molecule has 0 radical (unpaired) electrons. The summed E-state index contributed by atoms with van der Waals surface area (Å²) in [5, 5.41) is -0.821. The smallest absolute Gasteiger partial charge is 0.156 e. The number of hydrogen-bond donors (Lipinski definition) is 1. The molecule has 1 saturated carbocycles. The Hall–Kier alpha value is -0.350. The molecule has 0 unspecified atom stereocenters. The van der Waals surface area contributed by atoms with Crippen LogP contribution in [0.15, 0.2) is 0 Å². The highest BCUT2D eigenvalue weighted by atomic mass is 32.2. The van der Waals surface area contributed by atoms with Crippen LogP contribution < -0.4 is 0 Å². The topological polar surface area (TPSA) is 54.4 Å². The lowest BCUT2D eigenvalue weighted by molar-refractivity contribution is -0.132. The summed E-state index contributed by atoms with van der Waals surface area (Å²) in [6.07, 6.45) is 0.772. The number of Topliss-reactive ketones (excluding diaryl/α,β-unsaturated/α-hetero) is 2. The second-order valence-electron chi connectivity index (χ2n) is 3.94. The van der Waals surface area contributed by atoms with Crippen LogP contribution in [0, 0.1) is 5.41 Å². The zero-order valence-electron chi connectivity index (χ0n) is 7.16. The van der Waals surface area contributed by atoms with E-state index in [4.69, 9.17) is 4.55 Å². The van der Waals surface area contributed by atoms with E-state index < -0.39 is 5.25 Å². The van der Waals surface area contributed by atoms with Crippen LogP contribution in [-0.2, 0) is 9.59 Å². The van der Waals surface area contributed by atoms with Gasteiger partial charge in [0.1, 0.15) is 5.25 Å². The Balaban J connectivity index is 2.77. The largest absolute Gasteiger partial charge is 0.329 e. The fraction of sp³-hybridized carbons (Fsp3) is 0.750. The lowest BCUT2D eigenvalue weighted by atomic mass is 9.76. The van der Waals surface area contributed by atoms with Gasteiger partial charge in [0.15, 0.2) is 11.6 Å². The van der Waals surface area contributed by atoms with E-state index in [0.29, 0.717) is 24.9 Å². The molecule has 4 heteroatoms. The minimum absolute atomic E-state index is 0.149. The first-order chi connectivity index (χ1) is 5.46. The molecule has 0 aromatic heterocycles. The van der Waals surface area contributed by atoms with Gasteiger partial charge in [0.2, 0.25) is 0 Å². The summed E-state index contributed by atoms with van der Waals surface area (Å²) in [4.78, 5) is 22.5. The average Bonchev–Trinajstić information content (AvgIpc) is 1.82. The van der Waals surface area contributed by atoms with Gasteiger partial charge in [-0.2, -0.15) is 0 Å². The second-order valence-corrected chi connectivity index (χ2v) is 4.62. The van der Waals surface area contributed by atoms with Crippen LogP contribution in [0.4, 0.5) is 0 Å². The lowest BCUT2D eigenvalue weighted by Crippen LogP contribution is -2.39. The number of ketones is 2. The molecule has 1 aliphatic carbocycles. The molecule has 1 rings (SSSR count). The molecule has 0 atom stereocenters. The Labute approximate surface area is 75.7 Å². The molecular weight excluding hydrogens is 176 g/mol. The zero-order valence-corrected chi connectivity index (χ0v) is 7.98. The van der Waals surface area contributed by atoms with E-state index in [-0.39, 0.29) is 17.0 Å². The third kappa shape index (κ3) is 1.87. The lowest BCUT2D eigenvalue weighted by Gasteiger charge is -2.30. The first-order valence-corrected chi connectivity index (χ1v) is 4.65. The van der Waals surface area contributed by atoms with E-state index in [1.807, 2.05) is 13.8 Å². The number of carbonyl (C=O) groups is 2. The van der Waals surface area contributed by atoms with Gasteiger partial charge in [-0.1, -0.05) is 13.8 Å². The summed E-state index contributed by atoms with van der Waals surface area (Å²) in [6.45, 7) is 3.78. The van der Waals surface area contributed by atoms with Gasteiger partial charge in [0.25, 0.3) is 0 Å². The van der Waals surface area contributed by atoms with E-state index in [9.17, 15) is 9.59 Å². The summed E-state index contributed by atoms with van der Waals surface area (Å²) in [7, 11) is 0. The van der Waals surface area contributed by atoms with Gasteiger partial charge < -0.3 is 4.55 Å². The quantitative estimate of drug-likeness (QED) is 0.500. The van der Waals surface area contributed by atoms with Crippen molar-refractivity contribution in [3.05, 3.63) is 0 Å². The Morgan fingerprint density at radius 2 is 1.75 bits per heavy atom. The van der Waals surface area contributed by atoms with Crippen LogP contribution in [0.5, 0.6) is 0 Å². The molecule has 0 aromatic carbocycles. The standard InChI is InChI=1S/C8H12O3S/c1-8(2)3-5(9)7(12-11)6(10)4-8/h7,11H,3-4H2,1-2H3. The molecule has 0 saturated heterocycles. The van der Waals surface area contributed by atoms with Crippen LogP contribution in [-0.4, -0.2) is 21.4 Å². The summed E-state index contributed by atoms with van der Waals surface area (Å²) >= 11 is 0.364. The molecule has 1 aliphatic rings. The van der Waals surface area contributed by atoms with Crippen molar-refractivity contribution in [2.75, 3.05) is 0 Å². The number of hydrogen-bond acceptors (Lipinski definition) is 4. The molecule has 0 heterocycles. The average molecular weight is 188 g/mol. The van der Waals surface area contributed by atoms with E-state index in [1.54, 1.807) is 0 Å². The summed E-state index contributed by atoms with van der Waals surface area (Å²) in [5.41, 5.74) is -0.222. The van der Waals surface area contributed by atoms with Crippen molar-refractivity contribution in [2.45, 2.75) is 31.9 Å². The molecule has 0 bridgehead atoms. The molecule has 0 aliphatic heterocycles. The summed E-state index contributed by atoms with van der Waals surface area (Å²) in [6, 6.07) is 0. The predicted octanol–water partition coefficient (Wildman–Crippen LogP) is 1.52. The van der Waals surface area contributed by atoms with E-state index in [0.717, 1.165) is 0 Å². The fourth-order valence-corrected chi connectivity index (χ4v) is 1.89. The highest BCUT2D eigenvalue weighted by Crippen LogP contribution is 2.34. The van der Waals surface area contributed by atoms with Gasteiger partial charge in [-0.15, -0.1) is 0 Å². The van der Waals surface area contributed by atoms with Crippen LogP contribution >= 0.6 is 12.0 Å². The number of rotatable bonds is 1. The fourth-order valence-electron chi connectivity index (χ4n) is 1.49. The minimum atomic E-state index is -0.821. The van der Waals surface area contributed by atoms with E-state index in [1.165, 1.54) is 0 Å². The van der Waals surface area contributed by atoms with Crippen LogP contribution in [0.25, 0.3) is 0 Å². The van der Waals surface area contributed by atoms with E-state index >= 15 is 0 Å². The molecule has 0 amide bonds. The molecule has 12 heavy (non-hydrogen) atoms. The Morgan fingerprint density at radius 1 is 1.33 bits per heavy atom.